The SMILES string of the molecule is CCCCN1C(=O)c2cccc3c(-c4ccc(O)cc4)ccc(c23)C1=O. The number of carbonyl (C=O) groups is 2. The van der Waals surface area contributed by atoms with Crippen molar-refractivity contribution in [3.63, 3.8) is 0 Å². The first-order chi connectivity index (χ1) is 12.6. The maximum absolute atomic E-state index is 12.9. The van der Waals surface area contributed by atoms with E-state index in [0.29, 0.717) is 17.7 Å². The van der Waals surface area contributed by atoms with Crippen molar-refractivity contribution >= 4 is 22.6 Å². The molecule has 3 aromatic carbocycles. The van der Waals surface area contributed by atoms with Gasteiger partial charge in [-0.25, -0.2) is 0 Å². The molecule has 0 fully saturated rings. The summed E-state index contributed by atoms with van der Waals surface area (Å²) in [5.41, 5.74) is 3.02. The molecule has 4 nitrogen and oxygen atoms in total. The van der Waals surface area contributed by atoms with Crippen LogP contribution in [0.4, 0.5) is 0 Å². The predicted molar refractivity (Wildman–Crippen MR) is 101 cm³/mol. The zero-order valence-electron chi connectivity index (χ0n) is 14.5. The van der Waals surface area contributed by atoms with E-state index in [2.05, 4.69) is 0 Å². The van der Waals surface area contributed by atoms with Gasteiger partial charge in [-0.1, -0.05) is 43.7 Å². The lowest BCUT2D eigenvalue weighted by Crippen LogP contribution is -2.40. The van der Waals surface area contributed by atoms with Crippen molar-refractivity contribution in [3.8, 4) is 16.9 Å². The van der Waals surface area contributed by atoms with Gasteiger partial charge in [-0.05, 0) is 47.2 Å². The molecule has 0 bridgehead atoms. The van der Waals surface area contributed by atoms with E-state index in [-0.39, 0.29) is 17.6 Å². The molecule has 0 spiro atoms. The fraction of sp³-hybridized carbons (Fsp3) is 0.182. The van der Waals surface area contributed by atoms with Crippen LogP contribution in [0.3, 0.4) is 0 Å². The van der Waals surface area contributed by atoms with Crippen molar-refractivity contribution in [1.29, 1.82) is 0 Å². The average Bonchev–Trinajstić information content (AvgIpc) is 2.66. The molecule has 0 saturated carbocycles. The Kier molecular flexibility index (Phi) is 3.96. The number of phenolic OH excluding ortho intramolecular Hbond substituents is 1. The lowest BCUT2D eigenvalue weighted by atomic mass is 9.89. The van der Waals surface area contributed by atoms with Crippen molar-refractivity contribution in [2.45, 2.75) is 19.8 Å². The summed E-state index contributed by atoms with van der Waals surface area (Å²) in [5.74, 6) is -0.234. The minimum Gasteiger partial charge on any atom is -0.508 e. The monoisotopic (exact) mass is 345 g/mol. The second-order valence-electron chi connectivity index (χ2n) is 6.55. The lowest BCUT2D eigenvalue weighted by molar-refractivity contribution is 0.0608. The normalized spacial score (nSPS) is 13.5. The van der Waals surface area contributed by atoms with Crippen molar-refractivity contribution < 1.29 is 14.7 Å². The van der Waals surface area contributed by atoms with Gasteiger partial charge in [0.1, 0.15) is 5.75 Å². The smallest absolute Gasteiger partial charge is 0.261 e. The molecular weight excluding hydrogens is 326 g/mol. The summed E-state index contributed by atoms with van der Waals surface area (Å²) in [6.45, 7) is 2.49. The third kappa shape index (κ3) is 2.46. The zero-order chi connectivity index (χ0) is 18.3. The minimum atomic E-state index is -0.218. The Labute approximate surface area is 151 Å². The number of phenols is 1. The number of carbonyl (C=O) groups excluding carboxylic acids is 2. The van der Waals surface area contributed by atoms with Crippen molar-refractivity contribution in [1.82, 2.24) is 4.90 Å². The summed E-state index contributed by atoms with van der Waals surface area (Å²) in [6.07, 6.45) is 1.72. The molecule has 130 valence electrons. The van der Waals surface area contributed by atoms with Gasteiger partial charge in [0.05, 0.1) is 0 Å². The van der Waals surface area contributed by atoms with Crippen LogP contribution in [0.1, 0.15) is 40.5 Å². The number of benzene rings is 3. The average molecular weight is 345 g/mol. The Bertz CT molecular complexity index is 999. The van der Waals surface area contributed by atoms with E-state index in [1.165, 1.54) is 4.90 Å². The van der Waals surface area contributed by atoms with Crippen molar-refractivity contribution in [3.05, 3.63) is 65.7 Å². The molecule has 0 unspecified atom stereocenters. The standard InChI is InChI=1S/C22H19NO3/c1-2-3-13-23-21(25)18-6-4-5-17-16(14-7-9-15(24)10-8-14)11-12-19(20(17)18)22(23)26/h4-12,24H,2-3,13H2,1H3. The number of unbranched alkanes of at least 4 members (excludes halogenated alkanes) is 1. The van der Waals surface area contributed by atoms with Crippen LogP contribution in [0.15, 0.2) is 54.6 Å². The van der Waals surface area contributed by atoms with Gasteiger partial charge in [0, 0.05) is 23.1 Å². The maximum Gasteiger partial charge on any atom is 0.261 e. The summed E-state index contributed by atoms with van der Waals surface area (Å²) < 4.78 is 0. The zero-order valence-corrected chi connectivity index (χ0v) is 14.5. The molecular formula is C22H19NO3. The van der Waals surface area contributed by atoms with E-state index in [9.17, 15) is 14.7 Å². The largest absolute Gasteiger partial charge is 0.508 e. The second kappa shape index (κ2) is 6.30. The first-order valence-corrected chi connectivity index (χ1v) is 8.83. The van der Waals surface area contributed by atoms with Crippen LogP contribution in [0, 0.1) is 0 Å². The van der Waals surface area contributed by atoms with E-state index >= 15 is 0 Å². The summed E-state index contributed by atoms with van der Waals surface area (Å²) in [7, 11) is 0. The molecule has 0 atom stereocenters. The van der Waals surface area contributed by atoms with E-state index in [1.54, 1.807) is 18.2 Å². The van der Waals surface area contributed by atoms with E-state index in [4.69, 9.17) is 0 Å². The molecule has 1 heterocycles. The van der Waals surface area contributed by atoms with Gasteiger partial charge >= 0.3 is 0 Å². The van der Waals surface area contributed by atoms with Gasteiger partial charge in [0.2, 0.25) is 0 Å². The predicted octanol–water partition coefficient (Wildman–Crippen LogP) is 4.61. The molecule has 0 aromatic heterocycles. The van der Waals surface area contributed by atoms with E-state index in [1.807, 2.05) is 43.3 Å². The highest BCUT2D eigenvalue weighted by molar-refractivity contribution is 6.26. The summed E-state index contributed by atoms with van der Waals surface area (Å²) >= 11 is 0. The van der Waals surface area contributed by atoms with Crippen LogP contribution in [0.25, 0.3) is 21.9 Å². The Morgan fingerprint density at radius 2 is 1.50 bits per heavy atom. The van der Waals surface area contributed by atoms with Gasteiger partial charge in [-0.2, -0.15) is 0 Å². The molecule has 2 amide bonds. The van der Waals surface area contributed by atoms with Crippen LogP contribution < -0.4 is 0 Å². The first-order valence-electron chi connectivity index (χ1n) is 8.83. The highest BCUT2D eigenvalue weighted by atomic mass is 16.3. The number of nitrogens with zero attached hydrogens (tertiary/aromatic N) is 1. The molecule has 0 saturated heterocycles. The number of hydrogen-bond donors (Lipinski definition) is 1. The van der Waals surface area contributed by atoms with Crippen LogP contribution in [0.5, 0.6) is 5.75 Å². The Balaban J connectivity index is 1.92. The minimum absolute atomic E-state index is 0.202. The van der Waals surface area contributed by atoms with Crippen molar-refractivity contribution in [2.24, 2.45) is 0 Å². The van der Waals surface area contributed by atoms with Crippen LogP contribution >= 0.6 is 0 Å². The molecule has 0 aliphatic carbocycles. The maximum atomic E-state index is 12.9. The lowest BCUT2D eigenvalue weighted by Gasteiger charge is -2.27. The molecule has 26 heavy (non-hydrogen) atoms. The topological polar surface area (TPSA) is 57.6 Å². The summed E-state index contributed by atoms with van der Waals surface area (Å²) in [5, 5.41) is 11.1. The third-order valence-corrected chi connectivity index (χ3v) is 4.91. The summed E-state index contributed by atoms with van der Waals surface area (Å²) in [4.78, 5) is 27.1. The second-order valence-corrected chi connectivity index (χ2v) is 6.55. The number of aromatic hydroxyl groups is 1. The van der Waals surface area contributed by atoms with E-state index in [0.717, 1.165) is 34.7 Å². The van der Waals surface area contributed by atoms with Gasteiger partial charge < -0.3 is 5.11 Å². The van der Waals surface area contributed by atoms with Gasteiger partial charge in [0.25, 0.3) is 11.8 Å². The Hall–Kier alpha value is -3.14. The van der Waals surface area contributed by atoms with Crippen LogP contribution in [-0.4, -0.2) is 28.4 Å². The molecule has 1 N–H and O–H groups in total. The fourth-order valence-corrected chi connectivity index (χ4v) is 3.56. The van der Waals surface area contributed by atoms with Crippen LogP contribution in [0.2, 0.25) is 0 Å². The highest BCUT2D eigenvalue weighted by Crippen LogP contribution is 2.36. The fourth-order valence-electron chi connectivity index (χ4n) is 3.56. The van der Waals surface area contributed by atoms with Gasteiger partial charge in [-0.3, -0.25) is 14.5 Å². The molecule has 4 rings (SSSR count). The quantitative estimate of drug-likeness (QED) is 0.703. The molecule has 3 aromatic rings. The highest BCUT2D eigenvalue weighted by Gasteiger charge is 2.32. The first kappa shape index (κ1) is 16.3. The Morgan fingerprint density at radius 3 is 2.19 bits per heavy atom. The molecule has 0 radical (unpaired) electrons. The molecule has 1 aliphatic heterocycles. The van der Waals surface area contributed by atoms with Gasteiger partial charge in [0.15, 0.2) is 0 Å². The number of hydrogen-bond acceptors (Lipinski definition) is 3. The Morgan fingerprint density at radius 1 is 0.846 bits per heavy atom. The molecule has 4 heteroatoms. The van der Waals surface area contributed by atoms with Crippen LogP contribution in [-0.2, 0) is 0 Å². The third-order valence-electron chi connectivity index (χ3n) is 4.91. The van der Waals surface area contributed by atoms with Crippen molar-refractivity contribution in [2.75, 3.05) is 6.54 Å². The van der Waals surface area contributed by atoms with Gasteiger partial charge in [-0.15, -0.1) is 0 Å². The number of imide groups is 1. The number of amides is 2. The van der Waals surface area contributed by atoms with E-state index < -0.39 is 0 Å². The number of rotatable bonds is 4. The molecule has 1 aliphatic rings. The summed E-state index contributed by atoms with van der Waals surface area (Å²) in [6, 6.07) is 16.2.